The number of hydrogen-bond donors (Lipinski definition) is 2. The molecule has 1 aliphatic heterocycles. The van der Waals surface area contributed by atoms with E-state index in [0.717, 1.165) is 18.5 Å². The molecule has 1 saturated carbocycles. The monoisotopic (exact) mass is 286 g/mol. The molecule has 1 aliphatic carbocycles. The van der Waals surface area contributed by atoms with Crippen LogP contribution in [-0.2, 0) is 6.42 Å². The molecule has 1 heterocycles. The number of benzene rings is 1. The van der Waals surface area contributed by atoms with Crippen LogP contribution < -0.4 is 10.6 Å². The molecular formula is C18H26N2O. The van der Waals surface area contributed by atoms with Gasteiger partial charge in [0.05, 0.1) is 0 Å². The van der Waals surface area contributed by atoms with E-state index in [1.54, 1.807) is 0 Å². The molecule has 1 amide bonds. The van der Waals surface area contributed by atoms with Gasteiger partial charge in [-0.05, 0) is 48.9 Å². The minimum atomic E-state index is 0.0850. The number of carbonyl (C=O) groups is 1. The Hall–Kier alpha value is -1.35. The Morgan fingerprint density at radius 2 is 2.00 bits per heavy atom. The summed E-state index contributed by atoms with van der Waals surface area (Å²) in [5.74, 6) is 0.0850. The van der Waals surface area contributed by atoms with E-state index in [0.29, 0.717) is 11.5 Å². The maximum absolute atomic E-state index is 12.1. The van der Waals surface area contributed by atoms with E-state index in [-0.39, 0.29) is 5.91 Å². The van der Waals surface area contributed by atoms with Gasteiger partial charge in [-0.25, -0.2) is 0 Å². The zero-order chi connectivity index (χ0) is 14.9. The Balaban J connectivity index is 1.94. The summed E-state index contributed by atoms with van der Waals surface area (Å²) < 4.78 is 0. The smallest absolute Gasteiger partial charge is 0.251 e. The summed E-state index contributed by atoms with van der Waals surface area (Å²) in [5, 5.41) is 6.47. The van der Waals surface area contributed by atoms with Crippen LogP contribution in [0.2, 0.25) is 0 Å². The van der Waals surface area contributed by atoms with E-state index < -0.39 is 0 Å². The molecule has 3 rings (SSSR count). The zero-order valence-electron chi connectivity index (χ0n) is 13.2. The molecule has 1 aromatic carbocycles. The molecule has 2 N–H and O–H groups in total. The van der Waals surface area contributed by atoms with Crippen molar-refractivity contribution in [3.05, 3.63) is 34.9 Å². The second kappa shape index (κ2) is 5.80. The fraction of sp³-hybridized carbons (Fsp3) is 0.611. The first-order valence-electron chi connectivity index (χ1n) is 8.22. The minimum absolute atomic E-state index is 0.0850. The van der Waals surface area contributed by atoms with Crippen LogP contribution >= 0.6 is 0 Å². The number of amides is 1. The molecule has 3 nitrogen and oxygen atoms in total. The third kappa shape index (κ3) is 2.71. The molecule has 0 radical (unpaired) electrons. The maximum Gasteiger partial charge on any atom is 0.251 e. The quantitative estimate of drug-likeness (QED) is 0.896. The second-order valence-electron chi connectivity index (χ2n) is 6.86. The first-order chi connectivity index (χ1) is 10.1. The van der Waals surface area contributed by atoms with Gasteiger partial charge in [0, 0.05) is 18.2 Å². The van der Waals surface area contributed by atoms with Crippen molar-refractivity contribution in [2.24, 2.45) is 5.41 Å². The maximum atomic E-state index is 12.1. The summed E-state index contributed by atoms with van der Waals surface area (Å²) in [5.41, 5.74) is 3.62. The molecule has 0 spiro atoms. The Morgan fingerprint density at radius 3 is 2.71 bits per heavy atom. The van der Waals surface area contributed by atoms with Crippen LogP contribution in [0, 0.1) is 5.41 Å². The SMILES string of the molecule is CNC(c1ccc2c(c1)C(=O)NCC2)C1(C)CCCCC1. The molecule has 1 aromatic rings. The molecule has 1 fully saturated rings. The van der Waals surface area contributed by atoms with Crippen LogP contribution in [0.25, 0.3) is 0 Å². The van der Waals surface area contributed by atoms with Gasteiger partial charge in [-0.15, -0.1) is 0 Å². The highest BCUT2D eigenvalue weighted by Crippen LogP contribution is 2.45. The number of nitrogens with one attached hydrogen (secondary N) is 2. The lowest BCUT2D eigenvalue weighted by molar-refractivity contribution is 0.0945. The molecule has 0 aromatic heterocycles. The Bertz CT molecular complexity index is 532. The molecule has 1 unspecified atom stereocenters. The van der Waals surface area contributed by atoms with Gasteiger partial charge in [-0.1, -0.05) is 38.3 Å². The van der Waals surface area contributed by atoms with E-state index in [4.69, 9.17) is 0 Å². The van der Waals surface area contributed by atoms with Gasteiger partial charge in [-0.3, -0.25) is 4.79 Å². The van der Waals surface area contributed by atoms with Crippen LogP contribution in [-0.4, -0.2) is 19.5 Å². The molecule has 114 valence electrons. The van der Waals surface area contributed by atoms with Crippen molar-refractivity contribution < 1.29 is 4.79 Å². The molecule has 2 aliphatic rings. The summed E-state index contributed by atoms with van der Waals surface area (Å²) in [6.07, 6.45) is 7.48. The van der Waals surface area contributed by atoms with E-state index in [1.807, 2.05) is 7.05 Å². The van der Waals surface area contributed by atoms with E-state index in [2.05, 4.69) is 35.8 Å². The molecule has 1 atom stereocenters. The summed E-state index contributed by atoms with van der Waals surface area (Å²) in [6, 6.07) is 6.82. The highest BCUT2D eigenvalue weighted by molar-refractivity contribution is 5.96. The molecule has 0 bridgehead atoms. The first kappa shape index (κ1) is 14.6. The largest absolute Gasteiger partial charge is 0.352 e. The predicted octanol–water partition coefficient (Wildman–Crippen LogP) is 3.20. The third-order valence-electron chi connectivity index (χ3n) is 5.37. The minimum Gasteiger partial charge on any atom is -0.352 e. The fourth-order valence-electron chi connectivity index (χ4n) is 4.17. The molecule has 0 saturated heterocycles. The lowest BCUT2D eigenvalue weighted by atomic mass is 9.68. The number of hydrogen-bond acceptors (Lipinski definition) is 2. The van der Waals surface area contributed by atoms with Gasteiger partial charge in [0.25, 0.3) is 5.91 Å². The molecular weight excluding hydrogens is 260 g/mol. The average Bonchev–Trinajstić information content (AvgIpc) is 2.49. The highest BCUT2D eigenvalue weighted by Gasteiger charge is 2.36. The Morgan fingerprint density at radius 1 is 1.24 bits per heavy atom. The normalized spacial score (nSPS) is 22.3. The zero-order valence-corrected chi connectivity index (χ0v) is 13.2. The Labute approximate surface area is 127 Å². The van der Waals surface area contributed by atoms with E-state index >= 15 is 0 Å². The van der Waals surface area contributed by atoms with Crippen molar-refractivity contribution in [2.45, 2.75) is 51.5 Å². The van der Waals surface area contributed by atoms with Crippen molar-refractivity contribution in [1.29, 1.82) is 0 Å². The van der Waals surface area contributed by atoms with Crippen LogP contribution in [0.1, 0.15) is 66.6 Å². The van der Waals surface area contributed by atoms with Crippen molar-refractivity contribution in [1.82, 2.24) is 10.6 Å². The van der Waals surface area contributed by atoms with Crippen LogP contribution in [0.4, 0.5) is 0 Å². The summed E-state index contributed by atoms with van der Waals surface area (Å²) in [4.78, 5) is 12.1. The van der Waals surface area contributed by atoms with Crippen LogP contribution in [0.3, 0.4) is 0 Å². The lowest BCUT2D eigenvalue weighted by Gasteiger charge is -2.41. The van der Waals surface area contributed by atoms with Gasteiger partial charge in [0.2, 0.25) is 0 Å². The van der Waals surface area contributed by atoms with Gasteiger partial charge in [0.15, 0.2) is 0 Å². The van der Waals surface area contributed by atoms with E-state index in [1.165, 1.54) is 43.2 Å². The summed E-state index contributed by atoms with van der Waals surface area (Å²) in [6.45, 7) is 3.16. The fourth-order valence-corrected chi connectivity index (χ4v) is 4.17. The van der Waals surface area contributed by atoms with Gasteiger partial charge >= 0.3 is 0 Å². The van der Waals surface area contributed by atoms with Crippen LogP contribution in [0.15, 0.2) is 18.2 Å². The summed E-state index contributed by atoms with van der Waals surface area (Å²) >= 11 is 0. The lowest BCUT2D eigenvalue weighted by Crippen LogP contribution is -2.37. The van der Waals surface area contributed by atoms with Crippen molar-refractivity contribution >= 4 is 5.91 Å². The molecule has 21 heavy (non-hydrogen) atoms. The average molecular weight is 286 g/mol. The number of fused-ring (bicyclic) bond motifs is 1. The standard InChI is InChI=1S/C18H26N2O/c1-18(9-4-3-5-10-18)16(19-2)14-7-6-13-8-11-20-17(21)15(13)12-14/h6-7,12,16,19H,3-5,8-11H2,1-2H3,(H,20,21). The van der Waals surface area contributed by atoms with Gasteiger partial charge in [0.1, 0.15) is 0 Å². The number of rotatable bonds is 3. The van der Waals surface area contributed by atoms with Crippen molar-refractivity contribution in [2.75, 3.05) is 13.6 Å². The van der Waals surface area contributed by atoms with Gasteiger partial charge < -0.3 is 10.6 Å². The predicted molar refractivity (Wildman–Crippen MR) is 85.5 cm³/mol. The summed E-state index contributed by atoms with van der Waals surface area (Å²) in [7, 11) is 2.05. The first-order valence-corrected chi connectivity index (χ1v) is 8.22. The third-order valence-corrected chi connectivity index (χ3v) is 5.37. The molecule has 3 heteroatoms. The Kier molecular flexibility index (Phi) is 4.03. The number of carbonyl (C=O) groups excluding carboxylic acids is 1. The van der Waals surface area contributed by atoms with Crippen molar-refractivity contribution in [3.63, 3.8) is 0 Å². The second-order valence-corrected chi connectivity index (χ2v) is 6.86. The van der Waals surface area contributed by atoms with Crippen molar-refractivity contribution in [3.8, 4) is 0 Å². The topological polar surface area (TPSA) is 41.1 Å². The van der Waals surface area contributed by atoms with Crippen LogP contribution in [0.5, 0.6) is 0 Å². The highest BCUT2D eigenvalue weighted by atomic mass is 16.1. The van der Waals surface area contributed by atoms with Gasteiger partial charge in [-0.2, -0.15) is 0 Å². The van der Waals surface area contributed by atoms with E-state index in [9.17, 15) is 4.79 Å².